The summed E-state index contributed by atoms with van der Waals surface area (Å²) in [4.78, 5) is 25.1. The number of aliphatic hydroxyl groups is 2. The molecule has 3 N–H and O–H groups in total. The highest BCUT2D eigenvalue weighted by molar-refractivity contribution is 5.01. The first-order chi connectivity index (χ1) is 8.40. The highest BCUT2D eigenvalue weighted by atomic mass is 16.5. The average Bonchev–Trinajstić information content (AvgIpc) is 2.30. The zero-order valence-electron chi connectivity index (χ0n) is 10.2. The molecule has 7 heteroatoms. The van der Waals surface area contributed by atoms with Gasteiger partial charge in [0.2, 0.25) is 0 Å². The standard InChI is InChI=1S/C11H16N2O5/c1-5-4-13(11(17)12-10(5)16)8-3-7(14)9(15)6(2)18-8/h4,6-9,14-15H,3H2,1-2H3,(H,12,16,17)/t6-,7-,8-,9+/m0/s1. The van der Waals surface area contributed by atoms with E-state index >= 15 is 0 Å². The second kappa shape index (κ2) is 4.68. The minimum absolute atomic E-state index is 0.0941. The van der Waals surface area contributed by atoms with E-state index in [4.69, 9.17) is 4.74 Å². The minimum atomic E-state index is -0.971. The van der Waals surface area contributed by atoms with Crippen molar-refractivity contribution in [1.82, 2.24) is 9.55 Å². The van der Waals surface area contributed by atoms with E-state index in [9.17, 15) is 19.8 Å². The number of nitrogens with one attached hydrogen (secondary N) is 1. The van der Waals surface area contributed by atoms with E-state index in [1.165, 1.54) is 10.8 Å². The smallest absolute Gasteiger partial charge is 0.330 e. The van der Waals surface area contributed by atoms with Crippen LogP contribution >= 0.6 is 0 Å². The Kier molecular flexibility index (Phi) is 3.38. The van der Waals surface area contributed by atoms with Gasteiger partial charge in [-0.25, -0.2) is 4.79 Å². The van der Waals surface area contributed by atoms with Gasteiger partial charge in [-0.2, -0.15) is 0 Å². The summed E-state index contributed by atoms with van der Waals surface area (Å²) in [6.45, 7) is 3.19. The second-order valence-corrected chi connectivity index (χ2v) is 4.57. The van der Waals surface area contributed by atoms with Crippen LogP contribution in [0.5, 0.6) is 0 Å². The number of hydrogen-bond donors (Lipinski definition) is 3. The van der Waals surface area contributed by atoms with E-state index in [1.54, 1.807) is 13.8 Å². The molecular weight excluding hydrogens is 240 g/mol. The summed E-state index contributed by atoms with van der Waals surface area (Å²) in [5, 5.41) is 19.2. The molecule has 7 nitrogen and oxygen atoms in total. The van der Waals surface area contributed by atoms with Crippen molar-refractivity contribution in [2.45, 2.75) is 44.8 Å². The van der Waals surface area contributed by atoms with Crippen LogP contribution in [0, 0.1) is 6.92 Å². The first kappa shape index (κ1) is 13.0. The van der Waals surface area contributed by atoms with Gasteiger partial charge in [0.25, 0.3) is 5.56 Å². The van der Waals surface area contributed by atoms with Gasteiger partial charge in [-0.05, 0) is 13.8 Å². The number of aromatic nitrogens is 2. The Morgan fingerprint density at radius 2 is 2.11 bits per heavy atom. The largest absolute Gasteiger partial charge is 0.390 e. The van der Waals surface area contributed by atoms with E-state index in [0.29, 0.717) is 5.56 Å². The molecule has 2 heterocycles. The third-order valence-electron chi connectivity index (χ3n) is 3.15. The fraction of sp³-hybridized carbons (Fsp3) is 0.636. The molecule has 1 fully saturated rings. The minimum Gasteiger partial charge on any atom is -0.390 e. The van der Waals surface area contributed by atoms with Crippen molar-refractivity contribution in [2.75, 3.05) is 0 Å². The molecular formula is C11H16N2O5. The molecule has 100 valence electrons. The molecule has 0 aromatic carbocycles. The number of aromatic amines is 1. The van der Waals surface area contributed by atoms with Crippen LogP contribution in [0.25, 0.3) is 0 Å². The van der Waals surface area contributed by atoms with Gasteiger partial charge in [-0.1, -0.05) is 0 Å². The van der Waals surface area contributed by atoms with Crippen LogP contribution in [-0.4, -0.2) is 38.1 Å². The number of hydrogen-bond acceptors (Lipinski definition) is 5. The van der Waals surface area contributed by atoms with Crippen molar-refractivity contribution in [3.8, 4) is 0 Å². The maximum Gasteiger partial charge on any atom is 0.330 e. The summed E-state index contributed by atoms with van der Waals surface area (Å²) >= 11 is 0. The van der Waals surface area contributed by atoms with Crippen molar-refractivity contribution >= 4 is 0 Å². The predicted molar refractivity (Wildman–Crippen MR) is 62.3 cm³/mol. The summed E-state index contributed by atoms with van der Waals surface area (Å²) in [5.74, 6) is 0. The zero-order chi connectivity index (χ0) is 13.4. The van der Waals surface area contributed by atoms with E-state index in [0.717, 1.165) is 0 Å². The van der Waals surface area contributed by atoms with E-state index in [-0.39, 0.29) is 6.42 Å². The molecule has 0 saturated carbocycles. The Bertz CT molecular complexity index is 537. The molecule has 1 aromatic heterocycles. The van der Waals surface area contributed by atoms with Crippen molar-refractivity contribution in [1.29, 1.82) is 0 Å². The Balaban J connectivity index is 2.36. The summed E-state index contributed by atoms with van der Waals surface area (Å²) in [7, 11) is 0. The summed E-state index contributed by atoms with van der Waals surface area (Å²) < 4.78 is 6.69. The SMILES string of the molecule is Cc1cn([C@@H]2C[C@H](O)[C@H](O)[C@H](C)O2)c(=O)[nH]c1=O. The lowest BCUT2D eigenvalue weighted by atomic mass is 10.0. The number of aliphatic hydroxyl groups excluding tert-OH is 2. The maximum absolute atomic E-state index is 11.7. The van der Waals surface area contributed by atoms with Crippen LogP contribution < -0.4 is 11.2 Å². The molecule has 18 heavy (non-hydrogen) atoms. The van der Waals surface area contributed by atoms with Crippen LogP contribution in [0.4, 0.5) is 0 Å². The van der Waals surface area contributed by atoms with Gasteiger partial charge in [0.15, 0.2) is 0 Å². The Morgan fingerprint density at radius 3 is 2.72 bits per heavy atom. The van der Waals surface area contributed by atoms with Crippen molar-refractivity contribution in [3.63, 3.8) is 0 Å². The average molecular weight is 256 g/mol. The first-order valence-electron chi connectivity index (χ1n) is 5.74. The van der Waals surface area contributed by atoms with Gasteiger partial charge < -0.3 is 14.9 Å². The molecule has 1 saturated heterocycles. The molecule has 0 spiro atoms. The van der Waals surface area contributed by atoms with Crippen LogP contribution in [0.1, 0.15) is 25.1 Å². The fourth-order valence-electron chi connectivity index (χ4n) is 2.02. The van der Waals surface area contributed by atoms with E-state index < -0.39 is 35.8 Å². The summed E-state index contributed by atoms with van der Waals surface area (Å²) in [6, 6.07) is 0. The Labute approximate surface area is 103 Å². The Hall–Kier alpha value is -1.44. The lowest BCUT2D eigenvalue weighted by Gasteiger charge is -2.36. The van der Waals surface area contributed by atoms with Crippen molar-refractivity contribution < 1.29 is 14.9 Å². The topological polar surface area (TPSA) is 105 Å². The van der Waals surface area contributed by atoms with Crippen molar-refractivity contribution in [2.24, 2.45) is 0 Å². The first-order valence-corrected chi connectivity index (χ1v) is 5.74. The number of ether oxygens (including phenoxy) is 1. The fourth-order valence-corrected chi connectivity index (χ4v) is 2.02. The number of aryl methyl sites for hydroxylation is 1. The molecule has 0 aliphatic carbocycles. The van der Waals surface area contributed by atoms with E-state index in [1.807, 2.05) is 0 Å². The third-order valence-corrected chi connectivity index (χ3v) is 3.15. The molecule has 0 bridgehead atoms. The molecule has 4 atom stereocenters. The van der Waals surface area contributed by atoms with Gasteiger partial charge in [-0.3, -0.25) is 14.3 Å². The van der Waals surface area contributed by atoms with Crippen molar-refractivity contribution in [3.05, 3.63) is 32.6 Å². The van der Waals surface area contributed by atoms with Crippen LogP contribution in [0.2, 0.25) is 0 Å². The number of rotatable bonds is 1. The quantitative estimate of drug-likeness (QED) is 0.590. The van der Waals surface area contributed by atoms with Gasteiger partial charge in [-0.15, -0.1) is 0 Å². The highest BCUT2D eigenvalue weighted by Crippen LogP contribution is 2.26. The maximum atomic E-state index is 11.7. The highest BCUT2D eigenvalue weighted by Gasteiger charge is 2.35. The lowest BCUT2D eigenvalue weighted by molar-refractivity contribution is -0.185. The second-order valence-electron chi connectivity index (χ2n) is 4.57. The zero-order valence-corrected chi connectivity index (χ0v) is 10.2. The molecule has 0 amide bonds. The molecule has 2 rings (SSSR count). The van der Waals surface area contributed by atoms with Gasteiger partial charge in [0, 0.05) is 18.2 Å². The molecule has 0 unspecified atom stereocenters. The molecule has 1 aromatic rings. The van der Waals surface area contributed by atoms with E-state index in [2.05, 4.69) is 4.98 Å². The third kappa shape index (κ3) is 2.24. The van der Waals surface area contributed by atoms with Gasteiger partial charge >= 0.3 is 5.69 Å². The van der Waals surface area contributed by atoms with Crippen LogP contribution in [-0.2, 0) is 4.74 Å². The predicted octanol–water partition coefficient (Wildman–Crippen LogP) is -1.13. The molecule has 1 aliphatic rings. The summed E-state index contributed by atoms with van der Waals surface area (Å²) in [6.07, 6.45) is -1.72. The summed E-state index contributed by atoms with van der Waals surface area (Å²) in [5.41, 5.74) is -0.654. The Morgan fingerprint density at radius 1 is 1.44 bits per heavy atom. The number of nitrogens with zero attached hydrogens (tertiary/aromatic N) is 1. The molecule has 1 aliphatic heterocycles. The van der Waals surface area contributed by atoms with Gasteiger partial charge in [0.1, 0.15) is 12.3 Å². The molecule has 0 radical (unpaired) electrons. The normalized spacial score (nSPS) is 32.4. The monoisotopic (exact) mass is 256 g/mol. The number of H-pyrrole nitrogens is 1. The van der Waals surface area contributed by atoms with Gasteiger partial charge in [0.05, 0.1) is 12.2 Å². The van der Waals surface area contributed by atoms with Crippen LogP contribution in [0.15, 0.2) is 15.8 Å². The van der Waals surface area contributed by atoms with Crippen LogP contribution in [0.3, 0.4) is 0 Å². The lowest BCUT2D eigenvalue weighted by Crippen LogP contribution is -2.47.